The number of rotatable bonds is 2. The molecule has 1 heterocycles. The van der Waals surface area contributed by atoms with Crippen LogP contribution in [0.25, 0.3) is 0 Å². The zero-order valence-corrected chi connectivity index (χ0v) is 13.9. The van der Waals surface area contributed by atoms with Gasteiger partial charge in [0, 0.05) is 7.05 Å². The van der Waals surface area contributed by atoms with Crippen molar-refractivity contribution < 1.29 is 23.9 Å². The molecule has 130 valence electrons. The lowest BCUT2D eigenvalue weighted by Crippen LogP contribution is -2.46. The van der Waals surface area contributed by atoms with E-state index >= 15 is 0 Å². The van der Waals surface area contributed by atoms with Crippen LogP contribution in [0.1, 0.15) is 16.8 Å². The molecule has 1 aliphatic rings. The summed E-state index contributed by atoms with van der Waals surface area (Å²) >= 11 is 0. The van der Waals surface area contributed by atoms with Crippen LogP contribution in [0.3, 0.4) is 0 Å². The molecule has 0 fully saturated rings. The topological polar surface area (TPSA) is 77.1 Å². The molecule has 0 aliphatic carbocycles. The van der Waals surface area contributed by atoms with Crippen LogP contribution in [-0.2, 0) is 14.4 Å². The summed E-state index contributed by atoms with van der Waals surface area (Å²) in [5, 5.41) is 3.84. The van der Waals surface area contributed by atoms with Crippen LogP contribution >= 0.6 is 0 Å². The van der Waals surface area contributed by atoms with Gasteiger partial charge in [0.15, 0.2) is 0 Å². The predicted octanol–water partition coefficient (Wildman–Crippen LogP) is 1.16. The minimum Gasteiger partial charge on any atom is -0.490 e. The lowest BCUT2D eigenvalue weighted by Gasteiger charge is -2.22. The summed E-state index contributed by atoms with van der Waals surface area (Å²) in [6.07, 6.45) is 3.95. The number of amides is 2. The molecule has 0 unspecified atom stereocenters. The minimum absolute atomic E-state index is 0.338. The maximum atomic E-state index is 12.6. The van der Waals surface area contributed by atoms with Gasteiger partial charge in [-0.15, -0.1) is 0 Å². The lowest BCUT2D eigenvalue weighted by atomic mass is 10.1. The number of ether oxygens (including phenoxy) is 2. The van der Waals surface area contributed by atoms with E-state index in [1.165, 1.54) is 14.2 Å². The standard InChI is InChI=1S/C17H22N2O5/c1-19(22-2)17(21)14-8-5-6-10-23-11-12-24-15-9-4-3-7-13(15)16(20)18-14/h3-7,9,14H,8,10-12H2,1-2H3,(H,18,20)/t14-/m0/s1. The fourth-order valence-corrected chi connectivity index (χ4v) is 2.21. The van der Waals surface area contributed by atoms with E-state index < -0.39 is 6.04 Å². The van der Waals surface area contributed by atoms with Crippen molar-refractivity contribution in [3.8, 4) is 5.75 Å². The van der Waals surface area contributed by atoms with E-state index in [2.05, 4.69) is 5.32 Å². The molecule has 2 amide bonds. The molecule has 1 atom stereocenters. The number of para-hydroxylation sites is 1. The smallest absolute Gasteiger partial charge is 0.268 e. The molecule has 0 bridgehead atoms. The number of benzene rings is 1. The van der Waals surface area contributed by atoms with Gasteiger partial charge in [0.25, 0.3) is 11.8 Å². The molecule has 1 N–H and O–H groups in total. The third kappa shape index (κ3) is 4.81. The van der Waals surface area contributed by atoms with Gasteiger partial charge >= 0.3 is 0 Å². The molecule has 2 rings (SSSR count). The number of hydrogen-bond donors (Lipinski definition) is 1. The van der Waals surface area contributed by atoms with Gasteiger partial charge in [0.2, 0.25) is 0 Å². The molecule has 1 aliphatic heterocycles. The van der Waals surface area contributed by atoms with Crippen LogP contribution in [0, 0.1) is 0 Å². The summed E-state index contributed by atoms with van der Waals surface area (Å²) in [5.41, 5.74) is 0.374. The van der Waals surface area contributed by atoms with E-state index in [4.69, 9.17) is 14.3 Å². The first-order valence-electron chi connectivity index (χ1n) is 7.70. The summed E-state index contributed by atoms with van der Waals surface area (Å²) in [6.45, 7) is 1.17. The predicted molar refractivity (Wildman–Crippen MR) is 87.5 cm³/mol. The molecule has 0 radical (unpaired) electrons. The first kappa shape index (κ1) is 18.0. The van der Waals surface area contributed by atoms with E-state index in [0.29, 0.717) is 37.6 Å². The summed E-state index contributed by atoms with van der Waals surface area (Å²) in [6, 6.07) is 6.16. The van der Waals surface area contributed by atoms with Crippen molar-refractivity contribution >= 4 is 11.8 Å². The molecule has 1 aromatic carbocycles. The zero-order valence-electron chi connectivity index (χ0n) is 13.9. The van der Waals surface area contributed by atoms with Gasteiger partial charge in [-0.3, -0.25) is 14.4 Å². The van der Waals surface area contributed by atoms with Crippen molar-refractivity contribution in [2.45, 2.75) is 12.5 Å². The lowest BCUT2D eigenvalue weighted by molar-refractivity contribution is -0.170. The van der Waals surface area contributed by atoms with Crippen molar-refractivity contribution in [1.82, 2.24) is 10.4 Å². The van der Waals surface area contributed by atoms with Gasteiger partial charge < -0.3 is 14.8 Å². The Hall–Kier alpha value is -2.38. The van der Waals surface area contributed by atoms with Gasteiger partial charge in [-0.05, 0) is 18.6 Å². The molecule has 24 heavy (non-hydrogen) atoms. The number of fused-ring (bicyclic) bond motifs is 1. The van der Waals surface area contributed by atoms with Crippen molar-refractivity contribution in [2.75, 3.05) is 34.0 Å². The van der Waals surface area contributed by atoms with E-state index in [9.17, 15) is 9.59 Å². The van der Waals surface area contributed by atoms with E-state index in [-0.39, 0.29) is 11.8 Å². The van der Waals surface area contributed by atoms with Crippen molar-refractivity contribution in [2.24, 2.45) is 0 Å². The highest BCUT2D eigenvalue weighted by Crippen LogP contribution is 2.18. The fraction of sp³-hybridized carbons (Fsp3) is 0.412. The SMILES string of the molecule is CON(C)C(=O)[C@@H]1CC=CCOCCOc2ccccc2C(=O)N1. The highest BCUT2D eigenvalue weighted by Gasteiger charge is 2.25. The second kappa shape index (κ2) is 9.05. The summed E-state index contributed by atoms with van der Waals surface area (Å²) in [4.78, 5) is 29.9. The van der Waals surface area contributed by atoms with Gasteiger partial charge in [0.1, 0.15) is 18.4 Å². The Morgan fingerprint density at radius 3 is 2.88 bits per heavy atom. The molecular formula is C17H22N2O5. The zero-order chi connectivity index (χ0) is 17.4. The monoisotopic (exact) mass is 334 g/mol. The third-order valence-corrected chi connectivity index (χ3v) is 3.56. The van der Waals surface area contributed by atoms with Crippen LogP contribution in [0.15, 0.2) is 36.4 Å². The first-order valence-corrected chi connectivity index (χ1v) is 7.70. The van der Waals surface area contributed by atoms with E-state index in [1.54, 1.807) is 30.3 Å². The summed E-state index contributed by atoms with van der Waals surface area (Å²) in [5.74, 6) is -0.260. The normalized spacial score (nSPS) is 18.9. The van der Waals surface area contributed by atoms with Crippen LogP contribution in [-0.4, -0.2) is 56.9 Å². The molecule has 0 aromatic heterocycles. The van der Waals surface area contributed by atoms with Crippen LogP contribution in [0.2, 0.25) is 0 Å². The fourth-order valence-electron chi connectivity index (χ4n) is 2.21. The largest absolute Gasteiger partial charge is 0.490 e. The number of nitrogens with one attached hydrogen (secondary N) is 1. The highest BCUT2D eigenvalue weighted by molar-refractivity contribution is 5.99. The first-order chi connectivity index (χ1) is 11.6. The average Bonchev–Trinajstić information content (AvgIpc) is 2.62. The molecule has 0 saturated heterocycles. The number of carbonyl (C=O) groups is 2. The van der Waals surface area contributed by atoms with E-state index in [0.717, 1.165) is 5.06 Å². The maximum Gasteiger partial charge on any atom is 0.268 e. The van der Waals surface area contributed by atoms with Crippen LogP contribution in [0.5, 0.6) is 5.75 Å². The van der Waals surface area contributed by atoms with Crippen LogP contribution < -0.4 is 10.1 Å². The Morgan fingerprint density at radius 1 is 1.29 bits per heavy atom. The van der Waals surface area contributed by atoms with Crippen LogP contribution in [0.4, 0.5) is 0 Å². The van der Waals surface area contributed by atoms with Crippen molar-refractivity contribution in [1.29, 1.82) is 0 Å². The third-order valence-electron chi connectivity index (χ3n) is 3.56. The number of nitrogens with zero attached hydrogens (tertiary/aromatic N) is 1. The second-order valence-corrected chi connectivity index (χ2v) is 5.17. The Labute approximate surface area is 141 Å². The number of carbonyl (C=O) groups excluding carboxylic acids is 2. The van der Waals surface area contributed by atoms with Gasteiger partial charge in [-0.2, -0.15) is 0 Å². The Bertz CT molecular complexity index is 602. The second-order valence-electron chi connectivity index (χ2n) is 5.17. The Balaban J connectivity index is 2.25. The molecule has 0 spiro atoms. The Morgan fingerprint density at radius 2 is 2.08 bits per heavy atom. The number of hydroxylamine groups is 2. The van der Waals surface area contributed by atoms with Crippen molar-refractivity contribution in [3.05, 3.63) is 42.0 Å². The number of hydrogen-bond acceptors (Lipinski definition) is 5. The Kier molecular flexibility index (Phi) is 6.77. The number of likely N-dealkylation sites (N-methyl/N-ethyl adjacent to an activating group) is 1. The van der Waals surface area contributed by atoms with Gasteiger partial charge in [0.05, 0.1) is 25.9 Å². The molecular weight excluding hydrogens is 312 g/mol. The van der Waals surface area contributed by atoms with Crippen molar-refractivity contribution in [3.63, 3.8) is 0 Å². The summed E-state index contributed by atoms with van der Waals surface area (Å²) in [7, 11) is 2.89. The highest BCUT2D eigenvalue weighted by atomic mass is 16.7. The summed E-state index contributed by atoms with van der Waals surface area (Å²) < 4.78 is 11.0. The van der Waals surface area contributed by atoms with E-state index in [1.807, 2.05) is 6.08 Å². The van der Waals surface area contributed by atoms with Gasteiger partial charge in [-0.25, -0.2) is 5.06 Å². The quantitative estimate of drug-likeness (QED) is 0.649. The minimum atomic E-state index is -0.743. The molecule has 7 nitrogen and oxygen atoms in total. The average molecular weight is 334 g/mol. The maximum absolute atomic E-state index is 12.6. The van der Waals surface area contributed by atoms with Gasteiger partial charge in [-0.1, -0.05) is 24.3 Å². The molecule has 7 heteroatoms. The molecule has 0 saturated carbocycles. The molecule has 1 aromatic rings.